The summed E-state index contributed by atoms with van der Waals surface area (Å²) < 4.78 is 20.5. The summed E-state index contributed by atoms with van der Waals surface area (Å²) in [5, 5.41) is 0. The standard InChI is InChI=1S/C12H20N2O4/c1-15-8-9-18-7-5-11-13-6-4-10(14-11)12(16-2)17-3/h4,6,12H,5,7-9H2,1-3H3. The minimum absolute atomic E-state index is 0.457. The minimum Gasteiger partial charge on any atom is -0.382 e. The third-order valence-electron chi connectivity index (χ3n) is 2.30. The zero-order valence-electron chi connectivity index (χ0n) is 11.1. The van der Waals surface area contributed by atoms with Gasteiger partial charge in [-0.05, 0) is 6.07 Å². The van der Waals surface area contributed by atoms with Crippen LogP contribution in [0.1, 0.15) is 17.8 Å². The first-order chi connectivity index (χ1) is 8.81. The van der Waals surface area contributed by atoms with E-state index in [1.807, 2.05) is 0 Å². The average Bonchev–Trinajstić information content (AvgIpc) is 2.40. The second kappa shape index (κ2) is 8.93. The van der Waals surface area contributed by atoms with Crippen molar-refractivity contribution in [2.24, 2.45) is 0 Å². The quantitative estimate of drug-likeness (QED) is 0.484. The molecule has 0 fully saturated rings. The molecule has 0 saturated carbocycles. The van der Waals surface area contributed by atoms with Crippen molar-refractivity contribution < 1.29 is 18.9 Å². The molecule has 0 unspecified atom stereocenters. The summed E-state index contributed by atoms with van der Waals surface area (Å²) in [6.07, 6.45) is 1.89. The van der Waals surface area contributed by atoms with Crippen LogP contribution in [0.2, 0.25) is 0 Å². The predicted octanol–water partition coefficient (Wildman–Crippen LogP) is 0.973. The fraction of sp³-hybridized carbons (Fsp3) is 0.667. The molecule has 0 atom stereocenters. The fourth-order valence-electron chi connectivity index (χ4n) is 1.41. The van der Waals surface area contributed by atoms with Gasteiger partial charge in [-0.2, -0.15) is 0 Å². The normalized spacial score (nSPS) is 11.1. The monoisotopic (exact) mass is 256 g/mol. The number of ether oxygens (including phenoxy) is 4. The molecule has 0 aromatic carbocycles. The first-order valence-electron chi connectivity index (χ1n) is 5.76. The number of hydrogen-bond donors (Lipinski definition) is 0. The molecule has 0 amide bonds. The van der Waals surface area contributed by atoms with E-state index in [0.717, 1.165) is 0 Å². The highest BCUT2D eigenvalue weighted by molar-refractivity contribution is 5.04. The van der Waals surface area contributed by atoms with Crippen LogP contribution in [-0.4, -0.2) is 51.1 Å². The van der Waals surface area contributed by atoms with Gasteiger partial charge in [0.15, 0.2) is 0 Å². The van der Waals surface area contributed by atoms with Crippen LogP contribution in [0.3, 0.4) is 0 Å². The van der Waals surface area contributed by atoms with Gasteiger partial charge in [0.1, 0.15) is 5.82 Å². The average molecular weight is 256 g/mol. The van der Waals surface area contributed by atoms with E-state index in [0.29, 0.717) is 37.8 Å². The first-order valence-corrected chi connectivity index (χ1v) is 5.76. The van der Waals surface area contributed by atoms with E-state index < -0.39 is 6.29 Å². The van der Waals surface area contributed by atoms with Gasteiger partial charge in [-0.1, -0.05) is 0 Å². The topological polar surface area (TPSA) is 62.7 Å². The van der Waals surface area contributed by atoms with Gasteiger partial charge in [0.25, 0.3) is 0 Å². The molecule has 0 bridgehead atoms. The number of methoxy groups -OCH3 is 3. The summed E-state index contributed by atoms with van der Waals surface area (Å²) in [6.45, 7) is 1.74. The van der Waals surface area contributed by atoms with Crippen molar-refractivity contribution in [3.8, 4) is 0 Å². The van der Waals surface area contributed by atoms with E-state index in [-0.39, 0.29) is 0 Å². The lowest BCUT2D eigenvalue weighted by Crippen LogP contribution is -2.11. The number of rotatable bonds is 9. The van der Waals surface area contributed by atoms with E-state index >= 15 is 0 Å². The Balaban J connectivity index is 2.44. The Labute approximate surface area is 107 Å². The second-order valence-electron chi connectivity index (χ2n) is 3.56. The Bertz CT molecular complexity index is 332. The third kappa shape index (κ3) is 5.05. The molecular weight excluding hydrogens is 236 g/mol. The molecule has 1 aromatic rings. The van der Waals surface area contributed by atoms with Gasteiger partial charge in [-0.25, -0.2) is 9.97 Å². The Morgan fingerprint density at radius 3 is 2.56 bits per heavy atom. The fourth-order valence-corrected chi connectivity index (χ4v) is 1.41. The van der Waals surface area contributed by atoms with Gasteiger partial charge >= 0.3 is 0 Å². The molecule has 0 N–H and O–H groups in total. The van der Waals surface area contributed by atoms with Gasteiger partial charge in [-0.3, -0.25) is 0 Å². The highest BCUT2D eigenvalue weighted by Gasteiger charge is 2.11. The minimum atomic E-state index is -0.457. The molecule has 6 nitrogen and oxygen atoms in total. The molecule has 0 saturated heterocycles. The van der Waals surface area contributed by atoms with Crippen molar-refractivity contribution in [3.63, 3.8) is 0 Å². The Morgan fingerprint density at radius 1 is 1.11 bits per heavy atom. The van der Waals surface area contributed by atoms with Crippen molar-refractivity contribution in [3.05, 3.63) is 23.8 Å². The van der Waals surface area contributed by atoms with Crippen molar-refractivity contribution in [2.45, 2.75) is 12.7 Å². The largest absolute Gasteiger partial charge is 0.382 e. The Hall–Kier alpha value is -1.08. The van der Waals surface area contributed by atoms with Crippen LogP contribution in [0.4, 0.5) is 0 Å². The second-order valence-corrected chi connectivity index (χ2v) is 3.56. The predicted molar refractivity (Wildman–Crippen MR) is 65.2 cm³/mol. The number of nitrogens with zero attached hydrogens (tertiary/aromatic N) is 2. The first kappa shape index (κ1) is 15.0. The van der Waals surface area contributed by atoms with E-state index in [1.54, 1.807) is 33.6 Å². The maximum absolute atomic E-state index is 5.36. The molecule has 0 aliphatic carbocycles. The van der Waals surface area contributed by atoms with Gasteiger partial charge in [0, 0.05) is 33.9 Å². The summed E-state index contributed by atoms with van der Waals surface area (Å²) in [4.78, 5) is 8.53. The molecule has 0 aliphatic heterocycles. The molecule has 0 radical (unpaired) electrons. The Morgan fingerprint density at radius 2 is 1.89 bits per heavy atom. The zero-order valence-corrected chi connectivity index (χ0v) is 11.1. The molecule has 18 heavy (non-hydrogen) atoms. The molecule has 1 aromatic heterocycles. The molecule has 1 heterocycles. The van der Waals surface area contributed by atoms with Gasteiger partial charge < -0.3 is 18.9 Å². The highest BCUT2D eigenvalue weighted by Crippen LogP contribution is 2.13. The summed E-state index contributed by atoms with van der Waals surface area (Å²) >= 11 is 0. The van der Waals surface area contributed by atoms with Gasteiger partial charge in [-0.15, -0.1) is 0 Å². The maximum atomic E-state index is 5.36. The summed E-state index contributed by atoms with van der Waals surface area (Å²) in [5.74, 6) is 0.712. The summed E-state index contributed by atoms with van der Waals surface area (Å²) in [5.41, 5.74) is 0.710. The molecule has 6 heteroatoms. The Kier molecular flexibility index (Phi) is 7.43. The molecular formula is C12H20N2O4. The lowest BCUT2D eigenvalue weighted by Gasteiger charge is -2.13. The lowest BCUT2D eigenvalue weighted by atomic mass is 10.3. The number of aromatic nitrogens is 2. The van der Waals surface area contributed by atoms with Gasteiger partial charge in [0.2, 0.25) is 6.29 Å². The van der Waals surface area contributed by atoms with Crippen molar-refractivity contribution >= 4 is 0 Å². The SMILES string of the molecule is COCCOCCc1nccc(C(OC)OC)n1. The smallest absolute Gasteiger partial charge is 0.200 e. The zero-order chi connectivity index (χ0) is 13.2. The third-order valence-corrected chi connectivity index (χ3v) is 2.30. The molecule has 102 valence electrons. The van der Waals surface area contributed by atoms with Crippen molar-refractivity contribution in [1.29, 1.82) is 0 Å². The van der Waals surface area contributed by atoms with Crippen LogP contribution in [-0.2, 0) is 25.4 Å². The lowest BCUT2D eigenvalue weighted by molar-refractivity contribution is -0.108. The van der Waals surface area contributed by atoms with Crippen LogP contribution in [0.5, 0.6) is 0 Å². The molecule has 0 spiro atoms. The molecule has 1 rings (SSSR count). The van der Waals surface area contributed by atoms with E-state index in [9.17, 15) is 0 Å². The van der Waals surface area contributed by atoms with Crippen LogP contribution in [0.15, 0.2) is 12.3 Å². The van der Waals surface area contributed by atoms with E-state index in [1.165, 1.54) is 0 Å². The summed E-state index contributed by atoms with van der Waals surface area (Å²) in [7, 11) is 4.79. The van der Waals surface area contributed by atoms with Crippen molar-refractivity contribution in [1.82, 2.24) is 9.97 Å². The van der Waals surface area contributed by atoms with Crippen LogP contribution in [0.25, 0.3) is 0 Å². The van der Waals surface area contributed by atoms with Gasteiger partial charge in [0.05, 0.1) is 25.5 Å². The summed E-state index contributed by atoms with van der Waals surface area (Å²) in [6, 6.07) is 1.77. The van der Waals surface area contributed by atoms with E-state index in [2.05, 4.69) is 9.97 Å². The maximum Gasteiger partial charge on any atom is 0.200 e. The molecule has 0 aliphatic rings. The van der Waals surface area contributed by atoms with Crippen LogP contribution >= 0.6 is 0 Å². The van der Waals surface area contributed by atoms with Crippen LogP contribution < -0.4 is 0 Å². The highest BCUT2D eigenvalue weighted by atomic mass is 16.7. The van der Waals surface area contributed by atoms with E-state index in [4.69, 9.17) is 18.9 Å². The van der Waals surface area contributed by atoms with Crippen LogP contribution in [0, 0.1) is 0 Å². The van der Waals surface area contributed by atoms with Crippen molar-refractivity contribution in [2.75, 3.05) is 41.2 Å². The number of hydrogen-bond acceptors (Lipinski definition) is 6.